The molecule has 0 aliphatic heterocycles. The Morgan fingerprint density at radius 3 is 1.33 bits per heavy atom. The van der Waals surface area contributed by atoms with Crippen molar-refractivity contribution in [3.8, 4) is 0 Å². The lowest BCUT2D eigenvalue weighted by Gasteiger charge is -2.30. The first-order valence-corrected chi connectivity index (χ1v) is 28.5. The maximum absolute atomic E-state index is 12.9. The van der Waals surface area contributed by atoms with Gasteiger partial charge in [0.2, 0.25) is 5.91 Å². The molecule has 0 heterocycles. The van der Waals surface area contributed by atoms with Crippen molar-refractivity contribution in [1.82, 2.24) is 5.32 Å². The number of carbonyl (C=O) groups excluding carboxylic acids is 1. The zero-order valence-corrected chi connectivity index (χ0v) is 44.7. The fourth-order valence-corrected chi connectivity index (χ4v) is 8.07. The van der Waals surface area contributed by atoms with Crippen molar-refractivity contribution in [2.45, 2.75) is 225 Å². The number of nitrogens with zero attached hydrogens (tertiary/aromatic N) is 1. The summed E-state index contributed by atoms with van der Waals surface area (Å²) in [5.41, 5.74) is 0. The van der Waals surface area contributed by atoms with Crippen LogP contribution >= 0.6 is 7.82 Å². The van der Waals surface area contributed by atoms with E-state index in [4.69, 9.17) is 9.05 Å². The van der Waals surface area contributed by atoms with Crippen LogP contribution in [-0.2, 0) is 18.4 Å². The first kappa shape index (κ1) is 64.4. The van der Waals surface area contributed by atoms with E-state index in [1.807, 2.05) is 21.1 Å². The standard InChI is InChI=1S/C58H103N2O6P/c1-6-8-10-12-14-16-17-18-19-20-21-22-23-24-25-26-27-28-29-30-31-32-33-34-35-36-37-38-39-40-41-42-43-44-46-48-50-52-58(62)59-56(55-66-67(63,64)65-54-53-60(3,4)5)57(61)51-49-47-45-15-13-11-9-7-2/h8,10,14,16,18-19,21-22,24-25,27-28,30-31,33-34,56-57,61H,6-7,9,11-13,15,17,20,23,26,29,32,35-55H2,1-5H3,(H-,59,62,63,64)/b10-8-,16-14-,19-18-,22-21-,25-24-,28-27-,31-30-,34-33-. The number of hydrogen-bond acceptors (Lipinski definition) is 6. The number of hydrogen-bond donors (Lipinski definition) is 2. The summed E-state index contributed by atoms with van der Waals surface area (Å²) in [4.78, 5) is 25.3. The molecule has 0 saturated heterocycles. The lowest BCUT2D eigenvalue weighted by Crippen LogP contribution is -2.46. The fourth-order valence-electron chi connectivity index (χ4n) is 7.35. The molecule has 8 nitrogen and oxygen atoms in total. The third-order valence-electron chi connectivity index (χ3n) is 11.6. The summed E-state index contributed by atoms with van der Waals surface area (Å²) in [7, 11) is 1.29. The van der Waals surface area contributed by atoms with E-state index < -0.39 is 20.0 Å². The molecule has 1 amide bonds. The number of unbranched alkanes of at least 4 members (excludes halogenated alkanes) is 19. The molecule has 0 bridgehead atoms. The van der Waals surface area contributed by atoms with Gasteiger partial charge in [-0.15, -0.1) is 0 Å². The second-order valence-electron chi connectivity index (χ2n) is 19.2. The Balaban J connectivity index is 3.97. The van der Waals surface area contributed by atoms with Gasteiger partial charge in [0.1, 0.15) is 13.2 Å². The number of aliphatic hydroxyl groups is 1. The van der Waals surface area contributed by atoms with Crippen LogP contribution < -0.4 is 10.2 Å². The minimum atomic E-state index is -4.56. The predicted octanol–water partition coefficient (Wildman–Crippen LogP) is 15.6. The highest BCUT2D eigenvalue weighted by atomic mass is 31.2. The number of quaternary nitrogens is 1. The lowest BCUT2D eigenvalue weighted by molar-refractivity contribution is -0.870. The van der Waals surface area contributed by atoms with E-state index in [0.717, 1.165) is 89.9 Å². The number of rotatable bonds is 48. The van der Waals surface area contributed by atoms with Crippen LogP contribution in [0.2, 0.25) is 0 Å². The van der Waals surface area contributed by atoms with E-state index in [-0.39, 0.29) is 19.1 Å². The predicted molar refractivity (Wildman–Crippen MR) is 288 cm³/mol. The zero-order chi connectivity index (χ0) is 49.2. The van der Waals surface area contributed by atoms with Gasteiger partial charge in [-0.05, 0) is 77.0 Å². The first-order chi connectivity index (χ1) is 32.5. The highest BCUT2D eigenvalue weighted by Crippen LogP contribution is 2.38. The molecule has 9 heteroatoms. The molecule has 0 aliphatic carbocycles. The largest absolute Gasteiger partial charge is 0.756 e. The minimum absolute atomic E-state index is 0.00787. The summed E-state index contributed by atoms with van der Waals surface area (Å²) in [5, 5.41) is 13.9. The molecule has 3 atom stereocenters. The molecule has 0 radical (unpaired) electrons. The summed E-state index contributed by atoms with van der Waals surface area (Å²) in [6, 6.07) is -0.804. The Hall–Kier alpha value is -2.58. The minimum Gasteiger partial charge on any atom is -0.756 e. The second-order valence-corrected chi connectivity index (χ2v) is 20.6. The van der Waals surface area contributed by atoms with Crippen molar-refractivity contribution >= 4 is 13.7 Å². The maximum Gasteiger partial charge on any atom is 0.268 e. The van der Waals surface area contributed by atoms with Crippen LogP contribution in [-0.4, -0.2) is 68.5 Å². The average molecular weight is 955 g/mol. The zero-order valence-electron chi connectivity index (χ0n) is 43.8. The molecule has 0 aromatic carbocycles. The molecule has 0 spiro atoms. The van der Waals surface area contributed by atoms with Crippen molar-refractivity contribution in [1.29, 1.82) is 0 Å². The van der Waals surface area contributed by atoms with Crippen LogP contribution in [0.25, 0.3) is 0 Å². The van der Waals surface area contributed by atoms with Gasteiger partial charge >= 0.3 is 0 Å². The van der Waals surface area contributed by atoms with Crippen LogP contribution in [0.15, 0.2) is 97.2 Å². The topological polar surface area (TPSA) is 108 Å². The number of likely N-dealkylation sites (N-methyl/N-ethyl adjacent to an activating group) is 1. The van der Waals surface area contributed by atoms with Gasteiger partial charge in [-0.25, -0.2) is 0 Å². The van der Waals surface area contributed by atoms with Crippen LogP contribution in [0.5, 0.6) is 0 Å². The van der Waals surface area contributed by atoms with E-state index in [0.29, 0.717) is 23.9 Å². The van der Waals surface area contributed by atoms with Crippen LogP contribution in [0, 0.1) is 0 Å². The van der Waals surface area contributed by atoms with Gasteiger partial charge in [-0.2, -0.15) is 0 Å². The van der Waals surface area contributed by atoms with Crippen molar-refractivity contribution in [3.63, 3.8) is 0 Å². The molecular weight excluding hydrogens is 852 g/mol. The van der Waals surface area contributed by atoms with Gasteiger partial charge < -0.3 is 28.8 Å². The quantitative estimate of drug-likeness (QED) is 0.0272. The number of allylic oxidation sites excluding steroid dienone is 16. The third kappa shape index (κ3) is 51.1. The van der Waals surface area contributed by atoms with Gasteiger partial charge in [0, 0.05) is 6.42 Å². The maximum atomic E-state index is 12.9. The molecule has 0 saturated carbocycles. The Labute approximate surface area is 413 Å². The molecule has 0 aliphatic rings. The number of phosphoric acid groups is 1. The highest BCUT2D eigenvalue weighted by molar-refractivity contribution is 7.45. The van der Waals surface area contributed by atoms with Crippen LogP contribution in [0.1, 0.15) is 213 Å². The molecule has 0 rings (SSSR count). The normalized spacial score (nSPS) is 14.8. The summed E-state index contributed by atoms with van der Waals surface area (Å²) in [6.45, 7) is 4.55. The number of amides is 1. The smallest absolute Gasteiger partial charge is 0.268 e. The molecule has 386 valence electrons. The highest BCUT2D eigenvalue weighted by Gasteiger charge is 2.24. The van der Waals surface area contributed by atoms with Gasteiger partial charge in [0.15, 0.2) is 0 Å². The van der Waals surface area contributed by atoms with Crippen LogP contribution in [0.3, 0.4) is 0 Å². The third-order valence-corrected chi connectivity index (χ3v) is 12.6. The summed E-state index contributed by atoms with van der Waals surface area (Å²) < 4.78 is 23.2. The molecule has 2 N–H and O–H groups in total. The Kier molecular flexibility index (Phi) is 46.6. The second kappa shape index (κ2) is 48.4. The Morgan fingerprint density at radius 2 is 0.910 bits per heavy atom. The number of aliphatic hydroxyl groups excluding tert-OH is 1. The summed E-state index contributed by atoms with van der Waals surface area (Å²) in [6.07, 6.45) is 68.9. The Bertz CT molecular complexity index is 1410. The van der Waals surface area contributed by atoms with E-state index in [2.05, 4.69) is 116 Å². The van der Waals surface area contributed by atoms with E-state index >= 15 is 0 Å². The molecule has 0 aromatic heterocycles. The van der Waals surface area contributed by atoms with E-state index in [9.17, 15) is 19.4 Å². The first-order valence-electron chi connectivity index (χ1n) is 27.1. The summed E-state index contributed by atoms with van der Waals surface area (Å²) >= 11 is 0. The number of phosphoric ester groups is 1. The van der Waals surface area contributed by atoms with Crippen molar-refractivity contribution in [2.75, 3.05) is 40.9 Å². The molecule has 67 heavy (non-hydrogen) atoms. The van der Waals surface area contributed by atoms with E-state index in [1.54, 1.807) is 0 Å². The van der Waals surface area contributed by atoms with Gasteiger partial charge in [-0.1, -0.05) is 227 Å². The van der Waals surface area contributed by atoms with Crippen molar-refractivity contribution < 1.29 is 32.9 Å². The SMILES string of the molecule is CC/C=C\C/C=C\C/C=C\C/C=C\C/C=C\C/C=C\C/C=C\C/C=C\CCCCCCCCCCCCCCC(=O)NC(COP(=O)([O-])OCC[N+](C)(C)C)C(O)CCCCCCCCCC. The summed E-state index contributed by atoms with van der Waals surface area (Å²) in [5.74, 6) is -0.174. The van der Waals surface area contributed by atoms with E-state index in [1.165, 1.54) is 96.3 Å². The molecule has 0 aromatic rings. The number of nitrogens with one attached hydrogen (secondary N) is 1. The average Bonchev–Trinajstić information content (AvgIpc) is 3.29. The van der Waals surface area contributed by atoms with Crippen molar-refractivity contribution in [3.05, 3.63) is 97.2 Å². The monoisotopic (exact) mass is 955 g/mol. The molecule has 3 unspecified atom stereocenters. The van der Waals surface area contributed by atoms with Crippen LogP contribution in [0.4, 0.5) is 0 Å². The van der Waals surface area contributed by atoms with Gasteiger partial charge in [-0.3, -0.25) is 9.36 Å². The fraction of sp³-hybridized carbons (Fsp3) is 0.707. The molecule has 0 fully saturated rings. The Morgan fingerprint density at radius 1 is 0.537 bits per heavy atom. The lowest BCUT2D eigenvalue weighted by atomic mass is 10.0. The van der Waals surface area contributed by atoms with Gasteiger partial charge in [0.25, 0.3) is 7.82 Å². The van der Waals surface area contributed by atoms with Gasteiger partial charge in [0.05, 0.1) is 39.9 Å². The van der Waals surface area contributed by atoms with Crippen molar-refractivity contribution in [2.24, 2.45) is 0 Å². The molecular formula is C58H103N2O6P. The number of carbonyl (C=O) groups is 1.